The number of hydrogen-bond donors (Lipinski definition) is 1. The Morgan fingerprint density at radius 1 is 0.975 bits per heavy atom. The van der Waals surface area contributed by atoms with E-state index in [1.807, 2.05) is 0 Å². The zero-order valence-electron chi connectivity index (χ0n) is 27.3. The molecule has 2 heterocycles. The minimum absolute atomic E-state index is 0.434. The molecule has 1 fully saturated rings. The maximum absolute atomic E-state index is 3.84. The summed E-state index contributed by atoms with van der Waals surface area (Å²) in [4.78, 5) is 8.73. The molecule has 0 amide bonds. The molecule has 1 aliphatic heterocycles. The van der Waals surface area contributed by atoms with E-state index in [-0.39, 0.29) is 0 Å². The van der Waals surface area contributed by atoms with Crippen molar-refractivity contribution in [3.63, 3.8) is 0 Å². The molecule has 0 saturated carbocycles. The highest BCUT2D eigenvalue weighted by atomic mass is 15.2. The number of likely N-dealkylation sites (tertiary alicyclic amines) is 1. The van der Waals surface area contributed by atoms with Crippen LogP contribution in [0.25, 0.3) is 16.5 Å². The molecule has 2 aromatic rings. The van der Waals surface area contributed by atoms with Crippen molar-refractivity contribution in [1.29, 1.82) is 0 Å². The van der Waals surface area contributed by atoms with Crippen LogP contribution in [0.5, 0.6) is 0 Å². The Hall–Kier alpha value is -2.78. The van der Waals surface area contributed by atoms with Crippen molar-refractivity contribution in [1.82, 2.24) is 14.8 Å². The fraction of sp³-hybridized carbons (Fsp3) is 0.514. The van der Waals surface area contributed by atoms with Crippen molar-refractivity contribution in [2.75, 3.05) is 33.7 Å². The lowest BCUT2D eigenvalue weighted by molar-refractivity contribution is 0.215. The number of benzene rings is 1. The Morgan fingerprint density at radius 2 is 1.65 bits per heavy atom. The first kappa shape index (κ1) is 31.7. The summed E-state index contributed by atoms with van der Waals surface area (Å²) in [5, 5.41) is 1.39. The third-order valence-corrected chi connectivity index (χ3v) is 8.38. The van der Waals surface area contributed by atoms with Crippen LogP contribution in [0.1, 0.15) is 110 Å². The normalized spacial score (nSPS) is 16.4. The Balaban J connectivity index is 1.92. The number of H-pyrrole nitrogens is 1. The molecule has 0 spiro atoms. The van der Waals surface area contributed by atoms with Gasteiger partial charge < -0.3 is 9.88 Å². The SMILES string of the molecule is CCC(C)=C(C)/C=C(\C=C(C)C)c1[nH]c2ccc(C3CCN(C/C(=C/C=C(C)C)N(C)C)CC3)cc2c1C(C)C. The molecule has 0 bridgehead atoms. The van der Waals surface area contributed by atoms with Crippen LogP contribution in [0.2, 0.25) is 0 Å². The lowest BCUT2D eigenvalue weighted by Gasteiger charge is -2.34. The summed E-state index contributed by atoms with van der Waals surface area (Å²) < 4.78 is 0. The first-order chi connectivity index (χ1) is 18.9. The van der Waals surface area contributed by atoms with Gasteiger partial charge in [0.25, 0.3) is 0 Å². The van der Waals surface area contributed by atoms with Gasteiger partial charge in [0, 0.05) is 42.9 Å². The van der Waals surface area contributed by atoms with Gasteiger partial charge in [-0.15, -0.1) is 0 Å². The lowest BCUT2D eigenvalue weighted by Crippen LogP contribution is -2.36. The fourth-order valence-corrected chi connectivity index (χ4v) is 5.70. The van der Waals surface area contributed by atoms with E-state index in [0.29, 0.717) is 11.8 Å². The molecule has 1 aromatic heterocycles. The molecular formula is C37H55N3. The molecular weight excluding hydrogens is 486 g/mol. The van der Waals surface area contributed by atoms with E-state index < -0.39 is 0 Å². The van der Waals surface area contributed by atoms with Crippen LogP contribution in [-0.4, -0.2) is 48.5 Å². The van der Waals surface area contributed by atoms with E-state index in [1.54, 1.807) is 0 Å². The highest BCUT2D eigenvalue weighted by molar-refractivity contribution is 5.92. The van der Waals surface area contributed by atoms with Gasteiger partial charge in [-0.1, -0.05) is 67.4 Å². The molecule has 0 aliphatic carbocycles. The first-order valence-electron chi connectivity index (χ1n) is 15.3. The molecule has 0 radical (unpaired) electrons. The van der Waals surface area contributed by atoms with Crippen LogP contribution in [0, 0.1) is 0 Å². The van der Waals surface area contributed by atoms with Crippen molar-refractivity contribution in [3.05, 3.63) is 87.3 Å². The maximum atomic E-state index is 3.84. The standard InChI is InChI=1S/C37H55N3/c1-12-28(8)29(9)22-32(21-26(4)5)37-36(27(6)7)34-23-31(14-16-35(34)38-37)30-17-19-40(20-18-30)24-33(39(10)11)15-13-25(2)3/h13-16,21-23,27,30,38H,12,17-20,24H2,1-11H3/b29-28?,32-22+,33-15-. The van der Waals surface area contributed by atoms with Gasteiger partial charge in [-0.3, -0.25) is 4.90 Å². The molecule has 1 N–H and O–H groups in total. The van der Waals surface area contributed by atoms with Crippen LogP contribution in [-0.2, 0) is 0 Å². The van der Waals surface area contributed by atoms with Gasteiger partial charge in [-0.2, -0.15) is 0 Å². The van der Waals surface area contributed by atoms with Crippen LogP contribution in [0.3, 0.4) is 0 Å². The summed E-state index contributed by atoms with van der Waals surface area (Å²) in [6, 6.07) is 7.22. The molecule has 40 heavy (non-hydrogen) atoms. The van der Waals surface area contributed by atoms with Crippen molar-refractivity contribution in [3.8, 4) is 0 Å². The maximum Gasteiger partial charge on any atom is 0.0500 e. The van der Waals surface area contributed by atoms with E-state index in [4.69, 9.17) is 0 Å². The summed E-state index contributed by atoms with van der Waals surface area (Å²) >= 11 is 0. The minimum Gasteiger partial charge on any atom is -0.380 e. The number of piperidine rings is 1. The highest BCUT2D eigenvalue weighted by Gasteiger charge is 2.23. The quantitative estimate of drug-likeness (QED) is 0.302. The summed E-state index contributed by atoms with van der Waals surface area (Å²) in [7, 11) is 4.32. The van der Waals surface area contributed by atoms with E-state index in [2.05, 4.69) is 134 Å². The van der Waals surface area contributed by atoms with Gasteiger partial charge in [0.15, 0.2) is 0 Å². The second-order valence-corrected chi connectivity index (χ2v) is 12.9. The molecule has 1 aliphatic rings. The first-order valence-corrected chi connectivity index (χ1v) is 15.3. The molecule has 3 nitrogen and oxygen atoms in total. The molecule has 0 atom stereocenters. The monoisotopic (exact) mass is 541 g/mol. The number of nitrogens with one attached hydrogen (secondary N) is 1. The summed E-state index contributed by atoms with van der Waals surface area (Å²) in [6.45, 7) is 23.4. The number of aromatic amines is 1. The fourth-order valence-electron chi connectivity index (χ4n) is 5.70. The van der Waals surface area contributed by atoms with Crippen LogP contribution >= 0.6 is 0 Å². The zero-order chi connectivity index (χ0) is 29.6. The van der Waals surface area contributed by atoms with Crippen molar-refractivity contribution >= 4 is 16.5 Å². The second kappa shape index (κ2) is 14.2. The average molecular weight is 542 g/mol. The van der Waals surface area contributed by atoms with Crippen LogP contribution in [0.15, 0.2) is 70.5 Å². The van der Waals surface area contributed by atoms with Gasteiger partial charge in [-0.25, -0.2) is 0 Å². The van der Waals surface area contributed by atoms with E-state index in [1.165, 1.54) is 74.1 Å². The number of fused-ring (bicyclic) bond motifs is 1. The summed E-state index contributed by atoms with van der Waals surface area (Å²) in [5.41, 5.74) is 13.6. The Morgan fingerprint density at radius 3 is 2.20 bits per heavy atom. The van der Waals surface area contributed by atoms with Gasteiger partial charge >= 0.3 is 0 Å². The number of rotatable bonds is 10. The lowest BCUT2D eigenvalue weighted by atomic mass is 9.87. The van der Waals surface area contributed by atoms with E-state index in [0.717, 1.165) is 26.1 Å². The average Bonchev–Trinajstić information content (AvgIpc) is 3.29. The van der Waals surface area contributed by atoms with Crippen molar-refractivity contribution in [2.24, 2.45) is 0 Å². The Bertz CT molecular complexity index is 1310. The molecule has 0 unspecified atom stereocenters. The predicted molar refractivity (Wildman–Crippen MR) is 178 cm³/mol. The topological polar surface area (TPSA) is 22.3 Å². The van der Waals surface area contributed by atoms with Gasteiger partial charge in [0.2, 0.25) is 0 Å². The van der Waals surface area contributed by atoms with Gasteiger partial charge in [0.1, 0.15) is 0 Å². The Labute approximate surface area is 245 Å². The molecule has 1 saturated heterocycles. The molecule has 3 rings (SSSR count). The van der Waals surface area contributed by atoms with Crippen molar-refractivity contribution < 1.29 is 0 Å². The third-order valence-electron chi connectivity index (χ3n) is 8.38. The van der Waals surface area contributed by atoms with Gasteiger partial charge in [0.05, 0.1) is 0 Å². The van der Waals surface area contributed by atoms with Crippen LogP contribution in [0.4, 0.5) is 0 Å². The highest BCUT2D eigenvalue weighted by Crippen LogP contribution is 2.38. The number of nitrogens with zero attached hydrogens (tertiary/aromatic N) is 2. The zero-order valence-corrected chi connectivity index (χ0v) is 27.3. The van der Waals surface area contributed by atoms with Crippen LogP contribution < -0.4 is 0 Å². The summed E-state index contributed by atoms with van der Waals surface area (Å²) in [6.07, 6.45) is 12.7. The molecule has 218 valence electrons. The summed E-state index contributed by atoms with van der Waals surface area (Å²) in [5.74, 6) is 1.05. The van der Waals surface area contributed by atoms with E-state index in [9.17, 15) is 0 Å². The second-order valence-electron chi connectivity index (χ2n) is 12.9. The van der Waals surface area contributed by atoms with E-state index >= 15 is 0 Å². The largest absolute Gasteiger partial charge is 0.380 e. The number of hydrogen-bond acceptors (Lipinski definition) is 2. The predicted octanol–water partition coefficient (Wildman–Crippen LogP) is 9.98. The number of aromatic nitrogens is 1. The smallest absolute Gasteiger partial charge is 0.0500 e. The Kier molecular flexibility index (Phi) is 11.3. The number of likely N-dealkylation sites (N-methyl/N-ethyl adjacent to an activating group) is 1. The third kappa shape index (κ3) is 8.13. The van der Waals surface area contributed by atoms with Gasteiger partial charge in [-0.05, 0) is 121 Å². The molecule has 1 aromatic carbocycles. The van der Waals surface area contributed by atoms with Crippen molar-refractivity contribution in [2.45, 2.75) is 93.4 Å². The number of allylic oxidation sites excluding steroid dienone is 9. The molecule has 3 heteroatoms. The minimum atomic E-state index is 0.434.